The van der Waals surface area contributed by atoms with Crippen molar-refractivity contribution >= 4 is 17.7 Å². The Morgan fingerprint density at radius 3 is 2.80 bits per heavy atom. The van der Waals surface area contributed by atoms with Crippen LogP contribution in [0.15, 0.2) is 5.10 Å². The zero-order valence-corrected chi connectivity index (χ0v) is 11.8. The van der Waals surface area contributed by atoms with Gasteiger partial charge < -0.3 is 10.0 Å². The monoisotopic (exact) mass is 279 g/mol. The van der Waals surface area contributed by atoms with Crippen LogP contribution in [0.25, 0.3) is 0 Å². The largest absolute Gasteiger partial charge is 0.481 e. The van der Waals surface area contributed by atoms with Crippen LogP contribution < -0.4 is 0 Å². The minimum Gasteiger partial charge on any atom is -0.481 e. The Morgan fingerprint density at radius 2 is 2.15 bits per heavy atom. The van der Waals surface area contributed by atoms with Crippen molar-refractivity contribution in [3.05, 3.63) is 0 Å². The third-order valence-electron chi connectivity index (χ3n) is 4.91. The average Bonchev–Trinajstić information content (AvgIpc) is 2.44. The number of hydrogen-bond acceptors (Lipinski definition) is 3. The predicted octanol–water partition coefficient (Wildman–Crippen LogP) is 1.62. The lowest BCUT2D eigenvalue weighted by atomic mass is 9.64. The molecule has 0 aromatic rings. The Bertz CT molecular complexity index is 463. The summed E-state index contributed by atoms with van der Waals surface area (Å²) in [6.07, 6.45) is 4.37. The number of hydrazone groups is 1. The molecule has 4 fully saturated rings. The van der Waals surface area contributed by atoms with Crippen molar-refractivity contribution < 1.29 is 14.7 Å². The number of amides is 2. The van der Waals surface area contributed by atoms with Crippen LogP contribution in [0.4, 0.5) is 4.79 Å². The zero-order valence-electron chi connectivity index (χ0n) is 11.8. The lowest BCUT2D eigenvalue weighted by Gasteiger charge is -2.42. The fraction of sp³-hybridized carbons (Fsp3) is 0.786. The summed E-state index contributed by atoms with van der Waals surface area (Å²) in [4.78, 5) is 24.9. The van der Waals surface area contributed by atoms with Crippen LogP contribution in [-0.2, 0) is 4.79 Å². The molecule has 2 amide bonds. The standard InChI is InChI=1S/C14H21N3O3/c1-16-5-2-6-17(14(16)20)15-12-8-9-3-4-10(12)7-11(9)13(18)19/h9-11H,2-8H2,1H3,(H,18,19)/b15-12+/t9-,10-,11-/m0/s1. The smallest absolute Gasteiger partial charge is 0.340 e. The molecule has 1 aliphatic heterocycles. The normalized spacial score (nSPS) is 35.8. The molecule has 6 nitrogen and oxygen atoms in total. The van der Waals surface area contributed by atoms with E-state index >= 15 is 0 Å². The second kappa shape index (κ2) is 5.07. The number of rotatable bonds is 2. The third kappa shape index (κ3) is 2.27. The number of carboxylic acid groups (broad SMARTS) is 1. The van der Waals surface area contributed by atoms with Gasteiger partial charge in [0.1, 0.15) is 0 Å². The Morgan fingerprint density at radius 1 is 1.35 bits per heavy atom. The second-order valence-corrected chi connectivity index (χ2v) is 6.19. The predicted molar refractivity (Wildman–Crippen MR) is 73.4 cm³/mol. The summed E-state index contributed by atoms with van der Waals surface area (Å²) in [7, 11) is 1.79. The van der Waals surface area contributed by atoms with E-state index in [1.807, 2.05) is 0 Å². The molecule has 3 saturated carbocycles. The van der Waals surface area contributed by atoms with Gasteiger partial charge >= 0.3 is 12.0 Å². The first-order chi connectivity index (χ1) is 9.56. The molecule has 110 valence electrons. The van der Waals surface area contributed by atoms with Gasteiger partial charge in [0.15, 0.2) is 0 Å². The summed E-state index contributed by atoms with van der Waals surface area (Å²) in [5, 5.41) is 15.4. The third-order valence-corrected chi connectivity index (χ3v) is 4.91. The molecule has 3 atom stereocenters. The quantitative estimate of drug-likeness (QED) is 0.834. The number of nitrogens with zero attached hydrogens (tertiary/aromatic N) is 3. The average molecular weight is 279 g/mol. The number of urea groups is 1. The number of carbonyl (C=O) groups is 2. The maximum absolute atomic E-state index is 12.0. The maximum atomic E-state index is 12.0. The van der Waals surface area contributed by atoms with Gasteiger partial charge in [0, 0.05) is 25.8 Å². The van der Waals surface area contributed by atoms with Gasteiger partial charge in [0.05, 0.1) is 5.92 Å². The van der Waals surface area contributed by atoms with Gasteiger partial charge in [-0.1, -0.05) is 0 Å². The fourth-order valence-corrected chi connectivity index (χ4v) is 3.73. The fourth-order valence-electron chi connectivity index (χ4n) is 3.73. The summed E-state index contributed by atoms with van der Waals surface area (Å²) in [6, 6.07) is -0.0417. The van der Waals surface area contributed by atoms with Crippen molar-refractivity contribution in [2.45, 2.75) is 32.1 Å². The molecule has 4 rings (SSSR count). The van der Waals surface area contributed by atoms with E-state index in [0.717, 1.165) is 37.9 Å². The highest BCUT2D eigenvalue weighted by molar-refractivity contribution is 5.91. The molecule has 0 radical (unpaired) electrons. The molecule has 4 aliphatic rings. The van der Waals surface area contributed by atoms with Crippen molar-refractivity contribution in [3.63, 3.8) is 0 Å². The van der Waals surface area contributed by atoms with Crippen molar-refractivity contribution in [1.82, 2.24) is 9.91 Å². The van der Waals surface area contributed by atoms with Crippen molar-refractivity contribution in [3.8, 4) is 0 Å². The van der Waals surface area contributed by atoms with Crippen LogP contribution in [0.3, 0.4) is 0 Å². The highest BCUT2D eigenvalue weighted by Crippen LogP contribution is 2.43. The van der Waals surface area contributed by atoms with Crippen LogP contribution in [-0.4, -0.2) is 52.9 Å². The molecule has 2 bridgehead atoms. The highest BCUT2D eigenvalue weighted by atomic mass is 16.4. The molecule has 1 heterocycles. The van der Waals surface area contributed by atoms with E-state index in [2.05, 4.69) is 5.10 Å². The number of fused-ring (bicyclic) bond motifs is 3. The lowest BCUT2D eigenvalue weighted by Crippen LogP contribution is -2.47. The second-order valence-electron chi connectivity index (χ2n) is 6.19. The van der Waals surface area contributed by atoms with E-state index in [4.69, 9.17) is 0 Å². The summed E-state index contributed by atoms with van der Waals surface area (Å²) < 4.78 is 0. The van der Waals surface area contributed by atoms with E-state index < -0.39 is 5.97 Å². The Hall–Kier alpha value is -1.59. The van der Waals surface area contributed by atoms with Gasteiger partial charge in [-0.25, -0.2) is 9.80 Å². The SMILES string of the molecule is CN1CCCN(/N=C2\C[C@@H]3CC[C@H]2C[C@@H]3C(=O)O)C1=O. The minimum absolute atomic E-state index is 0.0417. The molecule has 0 spiro atoms. The first-order valence-corrected chi connectivity index (χ1v) is 7.39. The number of carbonyl (C=O) groups excluding carboxylic acids is 1. The van der Waals surface area contributed by atoms with E-state index in [0.29, 0.717) is 13.0 Å². The van der Waals surface area contributed by atoms with Crippen LogP contribution in [0.5, 0.6) is 0 Å². The van der Waals surface area contributed by atoms with Crippen LogP contribution in [0, 0.1) is 17.8 Å². The molecule has 0 aromatic heterocycles. The summed E-state index contributed by atoms with van der Waals surface area (Å²) in [5.74, 6) is -0.435. The number of aliphatic carboxylic acids is 1. The van der Waals surface area contributed by atoms with Gasteiger partial charge in [-0.2, -0.15) is 5.10 Å². The molecule has 3 aliphatic carbocycles. The summed E-state index contributed by atoms with van der Waals surface area (Å²) >= 11 is 0. The number of carboxylic acids is 1. The molecule has 1 saturated heterocycles. The van der Waals surface area contributed by atoms with Gasteiger partial charge in [-0.3, -0.25) is 4.79 Å². The topological polar surface area (TPSA) is 73.2 Å². The van der Waals surface area contributed by atoms with E-state index in [9.17, 15) is 14.7 Å². The first-order valence-electron chi connectivity index (χ1n) is 7.39. The van der Waals surface area contributed by atoms with Gasteiger partial charge in [0.25, 0.3) is 0 Å². The van der Waals surface area contributed by atoms with Crippen molar-refractivity contribution in [2.75, 3.05) is 20.1 Å². The molecule has 1 N–H and O–H groups in total. The van der Waals surface area contributed by atoms with Gasteiger partial charge in [0.2, 0.25) is 0 Å². The van der Waals surface area contributed by atoms with Crippen LogP contribution in [0.2, 0.25) is 0 Å². The molecule has 20 heavy (non-hydrogen) atoms. The lowest BCUT2D eigenvalue weighted by molar-refractivity contribution is -0.145. The molecule has 0 unspecified atom stereocenters. The van der Waals surface area contributed by atoms with E-state index in [1.54, 1.807) is 17.0 Å². The van der Waals surface area contributed by atoms with E-state index in [-0.39, 0.29) is 23.8 Å². The first kappa shape index (κ1) is 13.4. The Kier molecular flexibility index (Phi) is 3.40. The molecular formula is C14H21N3O3. The van der Waals surface area contributed by atoms with E-state index in [1.165, 1.54) is 0 Å². The minimum atomic E-state index is -0.674. The Balaban J connectivity index is 1.74. The van der Waals surface area contributed by atoms with Crippen LogP contribution in [0.1, 0.15) is 32.1 Å². The maximum Gasteiger partial charge on any atom is 0.340 e. The van der Waals surface area contributed by atoms with Gasteiger partial charge in [-0.05, 0) is 43.9 Å². The number of hydrogen-bond donors (Lipinski definition) is 1. The summed E-state index contributed by atoms with van der Waals surface area (Å²) in [5.41, 5.74) is 1.04. The van der Waals surface area contributed by atoms with Crippen molar-refractivity contribution in [2.24, 2.45) is 22.9 Å². The van der Waals surface area contributed by atoms with Crippen LogP contribution >= 0.6 is 0 Å². The molecular weight excluding hydrogens is 258 g/mol. The molecule has 0 aromatic carbocycles. The molecule has 6 heteroatoms. The van der Waals surface area contributed by atoms with Crippen molar-refractivity contribution in [1.29, 1.82) is 0 Å². The summed E-state index contributed by atoms with van der Waals surface area (Å²) in [6.45, 7) is 1.46. The Labute approximate surface area is 118 Å². The highest BCUT2D eigenvalue weighted by Gasteiger charge is 2.43. The van der Waals surface area contributed by atoms with Gasteiger partial charge in [-0.15, -0.1) is 0 Å². The zero-order chi connectivity index (χ0) is 14.3.